The normalized spacial score (nSPS) is 16.0. The molecule has 12 aromatic rings. The molecule has 0 amide bonds. The van der Waals surface area contributed by atoms with Crippen molar-refractivity contribution in [3.8, 4) is 0 Å². The molecule has 4 heteroatoms. The Kier molecular flexibility index (Phi) is 8.52. The minimum atomic E-state index is -1.91. The molecule has 0 aromatic heterocycles. The van der Waals surface area contributed by atoms with E-state index in [2.05, 4.69) is 170 Å². The van der Waals surface area contributed by atoms with E-state index in [4.69, 9.17) is 9.47 Å². The molecule has 2 N–H and O–H groups in total. The largest absolute Gasteiger partial charge is 0.377 e. The van der Waals surface area contributed by atoms with Gasteiger partial charge in [-0.15, -0.1) is 0 Å². The third-order valence-corrected chi connectivity index (χ3v) is 14.3. The van der Waals surface area contributed by atoms with Crippen molar-refractivity contribution in [2.75, 3.05) is 6.79 Å². The molecule has 2 unspecified atom stereocenters. The van der Waals surface area contributed by atoms with Crippen LogP contribution < -0.4 is 0 Å². The number of rotatable bonds is 6. The van der Waals surface area contributed by atoms with Crippen LogP contribution in [0.3, 0.4) is 0 Å². The minimum absolute atomic E-state index is 0.159. The maximum absolute atomic E-state index is 14.9. The van der Waals surface area contributed by atoms with Crippen molar-refractivity contribution in [1.29, 1.82) is 0 Å². The lowest BCUT2D eigenvalue weighted by Crippen LogP contribution is -2.55. The fourth-order valence-corrected chi connectivity index (χ4v) is 11.4. The van der Waals surface area contributed by atoms with E-state index in [1.54, 1.807) is 0 Å². The minimum Gasteiger partial charge on any atom is -0.377 e. The van der Waals surface area contributed by atoms with Crippen molar-refractivity contribution < 1.29 is 19.7 Å². The monoisotopic (exact) mass is 838 g/mol. The SMILES string of the molecule is OC(c1cc2ccccc2c2ccccc12)(c1cc2ccccc2c2ccccc12)C1OCOC1C(O)(c1cc2ccccc2c2ccccc12)c1cc2ccccc2c2ccccc12. The van der Waals surface area contributed by atoms with Gasteiger partial charge in [-0.2, -0.15) is 0 Å². The second kappa shape index (κ2) is 14.5. The van der Waals surface area contributed by atoms with Crippen molar-refractivity contribution in [2.45, 2.75) is 23.4 Å². The Balaban J connectivity index is 1.19. The van der Waals surface area contributed by atoms with Gasteiger partial charge in [-0.05, 0) is 133 Å². The topological polar surface area (TPSA) is 58.9 Å². The molecule has 1 fully saturated rings. The Labute approximate surface area is 375 Å². The van der Waals surface area contributed by atoms with Crippen LogP contribution in [0.5, 0.6) is 0 Å². The van der Waals surface area contributed by atoms with Gasteiger partial charge in [0.1, 0.15) is 30.2 Å². The molecule has 0 radical (unpaired) electrons. The zero-order chi connectivity index (χ0) is 43.3. The summed E-state index contributed by atoms with van der Waals surface area (Å²) in [5, 5.41) is 45.5. The third kappa shape index (κ3) is 5.53. The maximum Gasteiger partial charge on any atom is 0.148 e. The predicted octanol–water partition coefficient (Wildman–Crippen LogP) is 13.8. The van der Waals surface area contributed by atoms with Crippen LogP contribution in [0.15, 0.2) is 218 Å². The first-order chi connectivity index (χ1) is 32.0. The average Bonchev–Trinajstić information content (AvgIpc) is 3.89. The van der Waals surface area contributed by atoms with Crippen LogP contribution in [0.25, 0.3) is 86.2 Å². The molecular weight excluding hydrogens is 797 g/mol. The van der Waals surface area contributed by atoms with Gasteiger partial charge in [-0.25, -0.2) is 0 Å². The summed E-state index contributed by atoms with van der Waals surface area (Å²) in [4.78, 5) is 0. The van der Waals surface area contributed by atoms with Gasteiger partial charge in [0.2, 0.25) is 0 Å². The lowest BCUT2D eigenvalue weighted by molar-refractivity contribution is -0.108. The first kappa shape index (κ1) is 38.1. The van der Waals surface area contributed by atoms with Crippen molar-refractivity contribution >= 4 is 86.2 Å². The second-order valence-corrected chi connectivity index (χ2v) is 17.6. The first-order valence-corrected chi connectivity index (χ1v) is 22.3. The Bertz CT molecular complexity index is 3400. The zero-order valence-electron chi connectivity index (χ0n) is 35.4. The van der Waals surface area contributed by atoms with Gasteiger partial charge in [0.05, 0.1) is 0 Å². The number of fused-ring (bicyclic) bond motifs is 12. The number of hydrogen-bond acceptors (Lipinski definition) is 4. The highest BCUT2D eigenvalue weighted by molar-refractivity contribution is 6.14. The van der Waals surface area contributed by atoms with Gasteiger partial charge >= 0.3 is 0 Å². The lowest BCUT2D eigenvalue weighted by Gasteiger charge is -2.44. The van der Waals surface area contributed by atoms with E-state index in [0.717, 1.165) is 86.2 Å². The Hall–Kier alpha value is -7.44. The summed E-state index contributed by atoms with van der Waals surface area (Å²) in [6.45, 7) is -0.159. The van der Waals surface area contributed by atoms with E-state index in [0.29, 0.717) is 22.3 Å². The van der Waals surface area contributed by atoms with Gasteiger partial charge in [-0.1, -0.05) is 194 Å². The van der Waals surface area contributed by atoms with Crippen LogP contribution in [0.2, 0.25) is 0 Å². The first-order valence-electron chi connectivity index (χ1n) is 22.3. The number of aliphatic hydroxyl groups is 2. The second-order valence-electron chi connectivity index (χ2n) is 17.6. The smallest absolute Gasteiger partial charge is 0.148 e. The van der Waals surface area contributed by atoms with Crippen LogP contribution in [0.4, 0.5) is 0 Å². The molecule has 1 aliphatic rings. The molecule has 310 valence electrons. The molecule has 2 atom stereocenters. The summed E-state index contributed by atoms with van der Waals surface area (Å²) in [5.74, 6) is 0. The summed E-state index contributed by atoms with van der Waals surface area (Å²) >= 11 is 0. The van der Waals surface area contributed by atoms with Gasteiger partial charge in [0, 0.05) is 0 Å². The fourth-order valence-electron chi connectivity index (χ4n) is 11.4. The molecule has 65 heavy (non-hydrogen) atoms. The van der Waals surface area contributed by atoms with Gasteiger partial charge in [0.15, 0.2) is 0 Å². The van der Waals surface area contributed by atoms with Crippen LogP contribution in [-0.4, -0.2) is 29.2 Å². The maximum atomic E-state index is 14.9. The van der Waals surface area contributed by atoms with Crippen LogP contribution >= 0.6 is 0 Å². The van der Waals surface area contributed by atoms with Crippen molar-refractivity contribution in [2.24, 2.45) is 0 Å². The van der Waals surface area contributed by atoms with E-state index < -0.39 is 23.4 Å². The highest BCUT2D eigenvalue weighted by atomic mass is 16.7. The van der Waals surface area contributed by atoms with Crippen LogP contribution in [0, 0.1) is 0 Å². The standard InChI is InChI=1S/C61H42O4/c62-60(54-33-38-17-1-5-21-42(38)46-25-9-13-29-50(46)54,55-34-39-18-2-6-22-43(39)47-26-10-14-30-51(47)55)58-59(65-37-64-58)61(63,56-35-40-19-3-7-23-44(40)48-27-11-15-31-52(48)56)57-36-41-20-4-8-24-45(41)49-28-12-16-32-53(49)57/h1-36,58-59,62-63H,37H2. The van der Waals surface area contributed by atoms with Crippen LogP contribution in [0.1, 0.15) is 22.3 Å². The summed E-state index contributed by atoms with van der Waals surface area (Å²) in [6.07, 6.45) is -2.31. The number of benzene rings is 12. The fraction of sp³-hybridized carbons (Fsp3) is 0.0820. The third-order valence-electron chi connectivity index (χ3n) is 14.3. The van der Waals surface area contributed by atoms with E-state index in [1.165, 1.54) is 0 Å². The molecule has 4 nitrogen and oxygen atoms in total. The number of hydrogen-bond donors (Lipinski definition) is 2. The summed E-state index contributed by atoms with van der Waals surface area (Å²) in [5.41, 5.74) is -1.16. The lowest BCUT2D eigenvalue weighted by atomic mass is 9.68. The van der Waals surface area contributed by atoms with Crippen molar-refractivity contribution in [3.05, 3.63) is 241 Å². The molecule has 13 rings (SSSR count). The molecule has 0 bridgehead atoms. The summed E-state index contributed by atoms with van der Waals surface area (Å²) in [6, 6.07) is 75.0. The average molecular weight is 839 g/mol. The zero-order valence-corrected chi connectivity index (χ0v) is 35.4. The van der Waals surface area contributed by atoms with Gasteiger partial charge < -0.3 is 19.7 Å². The molecular formula is C61H42O4. The highest BCUT2D eigenvalue weighted by Crippen LogP contribution is 2.53. The van der Waals surface area contributed by atoms with E-state index in [9.17, 15) is 10.2 Å². The molecule has 1 aliphatic heterocycles. The summed E-state index contributed by atoms with van der Waals surface area (Å²) < 4.78 is 14.0. The van der Waals surface area contributed by atoms with E-state index in [-0.39, 0.29) is 6.79 Å². The molecule has 12 aromatic carbocycles. The van der Waals surface area contributed by atoms with E-state index >= 15 is 0 Å². The highest BCUT2D eigenvalue weighted by Gasteiger charge is 2.59. The van der Waals surface area contributed by atoms with Gasteiger partial charge in [0.25, 0.3) is 0 Å². The molecule has 0 saturated carbocycles. The molecule has 0 aliphatic carbocycles. The Morgan fingerprint density at radius 1 is 0.277 bits per heavy atom. The molecule has 1 saturated heterocycles. The summed E-state index contributed by atoms with van der Waals surface area (Å²) in [7, 11) is 0. The van der Waals surface area contributed by atoms with Crippen LogP contribution in [-0.2, 0) is 20.7 Å². The predicted molar refractivity (Wildman–Crippen MR) is 266 cm³/mol. The van der Waals surface area contributed by atoms with Crippen molar-refractivity contribution in [1.82, 2.24) is 0 Å². The Morgan fingerprint density at radius 2 is 0.477 bits per heavy atom. The van der Waals surface area contributed by atoms with E-state index in [1.807, 2.05) is 48.5 Å². The number of ether oxygens (including phenoxy) is 2. The van der Waals surface area contributed by atoms with Crippen molar-refractivity contribution in [3.63, 3.8) is 0 Å². The molecule has 1 heterocycles. The molecule has 0 spiro atoms. The van der Waals surface area contributed by atoms with Gasteiger partial charge in [-0.3, -0.25) is 0 Å². The quantitative estimate of drug-likeness (QED) is 0.164. The Morgan fingerprint density at radius 3 is 0.723 bits per heavy atom.